The average Bonchev–Trinajstić information content (AvgIpc) is 2.94. The molecule has 0 bridgehead atoms. The minimum absolute atomic E-state index is 0.0324. The van der Waals surface area contributed by atoms with Crippen LogP contribution in [0.3, 0.4) is 0 Å². The summed E-state index contributed by atoms with van der Waals surface area (Å²) in [7, 11) is 1.93. The molecule has 1 aliphatic heterocycles. The molecule has 1 aromatic carbocycles. The van der Waals surface area contributed by atoms with Gasteiger partial charge in [0.1, 0.15) is 30.5 Å². The second kappa shape index (κ2) is 6.67. The molecule has 26 heavy (non-hydrogen) atoms. The van der Waals surface area contributed by atoms with Crippen molar-refractivity contribution in [3.8, 4) is 5.75 Å². The fourth-order valence-electron chi connectivity index (χ4n) is 3.32. The lowest BCUT2D eigenvalue weighted by Gasteiger charge is -2.13. The number of hydrogen-bond acceptors (Lipinski definition) is 4. The van der Waals surface area contributed by atoms with Gasteiger partial charge in [0.2, 0.25) is 0 Å². The zero-order valence-electron chi connectivity index (χ0n) is 14.4. The molecule has 134 valence electrons. The fourth-order valence-corrected chi connectivity index (χ4v) is 3.32. The van der Waals surface area contributed by atoms with Crippen LogP contribution in [0.1, 0.15) is 16.1 Å². The lowest BCUT2D eigenvalue weighted by Crippen LogP contribution is -2.32. The Kier molecular flexibility index (Phi) is 4.20. The van der Waals surface area contributed by atoms with Crippen molar-refractivity contribution < 1.29 is 13.9 Å². The number of alkyl halides is 1. The number of fused-ring (bicyclic) bond motifs is 3. The topological polar surface area (TPSA) is 68.2 Å². The molecule has 1 amide bonds. The molecule has 2 N–H and O–H groups in total. The summed E-state index contributed by atoms with van der Waals surface area (Å²) in [5.74, 6) is 1.22. The van der Waals surface area contributed by atoms with Gasteiger partial charge in [-0.2, -0.15) is 0 Å². The van der Waals surface area contributed by atoms with Crippen LogP contribution in [-0.2, 0) is 13.5 Å². The number of nitrogens with one attached hydrogen (secondary N) is 2. The number of pyridine rings is 1. The molecule has 1 aliphatic rings. The van der Waals surface area contributed by atoms with Crippen molar-refractivity contribution in [2.75, 3.05) is 25.1 Å². The minimum atomic E-state index is -0.526. The number of carbonyl (C=O) groups excluding carboxylic acids is 1. The van der Waals surface area contributed by atoms with Crippen LogP contribution in [0.5, 0.6) is 5.75 Å². The number of ether oxygens (including phenoxy) is 1. The number of aromatic nitrogens is 2. The maximum Gasteiger partial charge on any atom is 0.253 e. The summed E-state index contributed by atoms with van der Waals surface area (Å²) in [6.07, 6.45) is 0.796. The molecule has 2 aromatic heterocycles. The molecule has 0 spiro atoms. The number of hydrogen-bond donors (Lipinski definition) is 2. The van der Waals surface area contributed by atoms with Crippen molar-refractivity contribution >= 4 is 28.4 Å². The molecule has 0 unspecified atom stereocenters. The summed E-state index contributed by atoms with van der Waals surface area (Å²) in [6, 6.07) is 11.1. The van der Waals surface area contributed by atoms with Crippen molar-refractivity contribution in [2.45, 2.75) is 6.42 Å². The van der Waals surface area contributed by atoms with Gasteiger partial charge in [-0.05, 0) is 24.3 Å². The Labute approximate surface area is 150 Å². The molecule has 0 atom stereocenters. The Bertz CT molecular complexity index is 983. The third kappa shape index (κ3) is 2.85. The molecule has 0 aliphatic carbocycles. The molecule has 0 saturated heterocycles. The second-order valence-corrected chi connectivity index (χ2v) is 6.14. The van der Waals surface area contributed by atoms with E-state index >= 15 is 0 Å². The number of halogens is 1. The van der Waals surface area contributed by atoms with E-state index in [2.05, 4.69) is 15.6 Å². The Morgan fingerprint density at radius 3 is 3.08 bits per heavy atom. The van der Waals surface area contributed by atoms with Crippen LogP contribution < -0.4 is 15.4 Å². The van der Waals surface area contributed by atoms with Crippen molar-refractivity contribution in [2.24, 2.45) is 7.05 Å². The highest BCUT2D eigenvalue weighted by Crippen LogP contribution is 2.29. The summed E-state index contributed by atoms with van der Waals surface area (Å²) in [4.78, 5) is 16.9. The fraction of sp³-hybridized carbons (Fsp3) is 0.263. The zero-order valence-corrected chi connectivity index (χ0v) is 14.4. The summed E-state index contributed by atoms with van der Waals surface area (Å²) in [5, 5.41) is 6.97. The number of amides is 1. The lowest BCUT2D eigenvalue weighted by atomic mass is 10.1. The average molecular weight is 354 g/mol. The highest BCUT2D eigenvalue weighted by atomic mass is 19.1. The van der Waals surface area contributed by atoms with E-state index in [1.54, 1.807) is 12.1 Å². The Balaban J connectivity index is 1.66. The Morgan fingerprint density at radius 1 is 1.35 bits per heavy atom. The first-order chi connectivity index (χ1) is 12.7. The van der Waals surface area contributed by atoms with Gasteiger partial charge in [0, 0.05) is 42.8 Å². The smallest absolute Gasteiger partial charge is 0.253 e. The first-order valence-corrected chi connectivity index (χ1v) is 8.49. The number of benzene rings is 1. The van der Waals surface area contributed by atoms with Gasteiger partial charge in [-0.15, -0.1) is 0 Å². The van der Waals surface area contributed by atoms with Gasteiger partial charge in [-0.25, -0.2) is 9.37 Å². The number of aryl methyl sites for hydroxylation is 1. The SMILES string of the molecule is Cn1c2c(c3ccc(Nc4cccc(OCCF)c4)nc31)C(=O)NCC2. The van der Waals surface area contributed by atoms with Crippen LogP contribution >= 0.6 is 0 Å². The van der Waals surface area contributed by atoms with Gasteiger partial charge < -0.3 is 19.9 Å². The van der Waals surface area contributed by atoms with Crippen LogP contribution in [0.2, 0.25) is 0 Å². The Morgan fingerprint density at radius 2 is 2.23 bits per heavy atom. The molecule has 0 fully saturated rings. The minimum Gasteiger partial charge on any atom is -0.491 e. The maximum atomic E-state index is 12.3. The summed E-state index contributed by atoms with van der Waals surface area (Å²) in [6.45, 7) is 0.152. The number of nitrogens with zero attached hydrogens (tertiary/aromatic N) is 2. The normalized spacial score (nSPS) is 13.4. The molecule has 4 rings (SSSR count). The van der Waals surface area contributed by atoms with E-state index in [9.17, 15) is 9.18 Å². The molecule has 0 saturated carbocycles. The predicted octanol–water partition coefficient (Wildman–Crippen LogP) is 2.95. The number of anilines is 2. The first-order valence-electron chi connectivity index (χ1n) is 8.49. The van der Waals surface area contributed by atoms with Crippen molar-refractivity contribution in [1.29, 1.82) is 0 Å². The summed E-state index contributed by atoms with van der Waals surface area (Å²) in [5.41, 5.74) is 3.29. The van der Waals surface area contributed by atoms with Crippen molar-refractivity contribution in [3.63, 3.8) is 0 Å². The zero-order chi connectivity index (χ0) is 18.1. The van der Waals surface area contributed by atoms with Gasteiger partial charge in [0.05, 0.1) is 5.56 Å². The van der Waals surface area contributed by atoms with Crippen LogP contribution in [0.25, 0.3) is 11.0 Å². The van der Waals surface area contributed by atoms with Crippen LogP contribution in [-0.4, -0.2) is 35.3 Å². The maximum absolute atomic E-state index is 12.3. The van der Waals surface area contributed by atoms with E-state index in [0.717, 1.165) is 34.4 Å². The number of rotatable bonds is 5. The summed E-state index contributed by atoms with van der Waals surface area (Å²) >= 11 is 0. The first kappa shape index (κ1) is 16.4. The van der Waals surface area contributed by atoms with Crippen molar-refractivity contribution in [1.82, 2.24) is 14.9 Å². The van der Waals surface area contributed by atoms with E-state index in [4.69, 9.17) is 4.74 Å². The van der Waals surface area contributed by atoms with E-state index in [1.165, 1.54) is 0 Å². The predicted molar refractivity (Wildman–Crippen MR) is 97.9 cm³/mol. The van der Waals surface area contributed by atoms with E-state index in [1.807, 2.05) is 35.9 Å². The largest absolute Gasteiger partial charge is 0.491 e. The van der Waals surface area contributed by atoms with Crippen LogP contribution in [0.4, 0.5) is 15.9 Å². The highest BCUT2D eigenvalue weighted by molar-refractivity contribution is 6.08. The molecular weight excluding hydrogens is 335 g/mol. The molecular formula is C19H19FN4O2. The molecule has 6 nitrogen and oxygen atoms in total. The van der Waals surface area contributed by atoms with Gasteiger partial charge in [0.15, 0.2) is 0 Å². The van der Waals surface area contributed by atoms with Crippen molar-refractivity contribution in [3.05, 3.63) is 47.7 Å². The molecule has 3 aromatic rings. The van der Waals surface area contributed by atoms with E-state index in [0.29, 0.717) is 18.1 Å². The monoisotopic (exact) mass is 354 g/mol. The Hall–Kier alpha value is -3.09. The lowest BCUT2D eigenvalue weighted by molar-refractivity contribution is 0.0947. The third-order valence-electron chi connectivity index (χ3n) is 4.48. The quantitative estimate of drug-likeness (QED) is 0.739. The van der Waals surface area contributed by atoms with Gasteiger partial charge in [-0.1, -0.05) is 6.07 Å². The third-order valence-corrected chi connectivity index (χ3v) is 4.48. The van der Waals surface area contributed by atoms with Crippen LogP contribution in [0, 0.1) is 0 Å². The highest BCUT2D eigenvalue weighted by Gasteiger charge is 2.25. The van der Waals surface area contributed by atoms with Gasteiger partial charge in [0.25, 0.3) is 5.91 Å². The van der Waals surface area contributed by atoms with E-state index < -0.39 is 6.67 Å². The second-order valence-electron chi connectivity index (χ2n) is 6.14. The van der Waals surface area contributed by atoms with Gasteiger partial charge in [-0.3, -0.25) is 4.79 Å². The van der Waals surface area contributed by atoms with Crippen LogP contribution in [0.15, 0.2) is 36.4 Å². The van der Waals surface area contributed by atoms with E-state index in [-0.39, 0.29) is 12.5 Å². The van der Waals surface area contributed by atoms with Gasteiger partial charge >= 0.3 is 0 Å². The summed E-state index contributed by atoms with van der Waals surface area (Å²) < 4.78 is 19.5. The molecule has 7 heteroatoms. The molecule has 0 radical (unpaired) electrons. The number of carbonyl (C=O) groups is 1. The standard InChI is InChI=1S/C19H19FN4O2/c1-24-15-7-9-21-19(25)17(15)14-5-6-16(23-18(14)24)22-12-3-2-4-13(11-12)26-10-8-20/h2-6,11H,7-10H2,1H3,(H,21,25)(H,22,23). The molecule has 3 heterocycles.